The van der Waals surface area contributed by atoms with Crippen molar-refractivity contribution in [3.8, 4) is 11.5 Å². The van der Waals surface area contributed by atoms with Gasteiger partial charge in [-0.15, -0.1) is 0 Å². The van der Waals surface area contributed by atoms with Crippen LogP contribution >= 0.6 is 0 Å². The molecule has 1 atom stereocenters. The highest BCUT2D eigenvalue weighted by molar-refractivity contribution is 5.76. The van der Waals surface area contributed by atoms with Gasteiger partial charge in [0.2, 0.25) is 5.91 Å². The van der Waals surface area contributed by atoms with Gasteiger partial charge >= 0.3 is 0 Å². The molecular formula is C16H25NO4. The normalized spacial score (nSPS) is 12.1. The third-order valence-corrected chi connectivity index (χ3v) is 3.25. The average Bonchev–Trinajstić information content (AvgIpc) is 2.45. The molecule has 1 amide bonds. The predicted octanol–water partition coefficient (Wildman–Crippen LogP) is 2.24. The molecule has 0 spiro atoms. The van der Waals surface area contributed by atoms with Crippen molar-refractivity contribution in [1.82, 2.24) is 4.90 Å². The number of nitrogens with zero attached hydrogens (tertiary/aromatic N) is 1. The SMILES string of the molecule is COc1ccc(C(O)CN(C)C(=O)CC(C)C)cc1OC. The molecule has 21 heavy (non-hydrogen) atoms. The average molecular weight is 295 g/mol. The lowest BCUT2D eigenvalue weighted by molar-refractivity contribution is -0.131. The molecule has 0 fully saturated rings. The smallest absolute Gasteiger partial charge is 0.222 e. The lowest BCUT2D eigenvalue weighted by Gasteiger charge is -2.22. The van der Waals surface area contributed by atoms with Crippen LogP contribution < -0.4 is 9.47 Å². The fourth-order valence-electron chi connectivity index (χ4n) is 2.03. The third kappa shape index (κ3) is 4.93. The summed E-state index contributed by atoms with van der Waals surface area (Å²) in [5.74, 6) is 1.51. The Labute approximate surface area is 126 Å². The molecule has 118 valence electrons. The molecule has 1 unspecified atom stereocenters. The molecule has 0 aliphatic carbocycles. The van der Waals surface area contributed by atoms with E-state index in [1.165, 1.54) is 0 Å². The number of amides is 1. The summed E-state index contributed by atoms with van der Waals surface area (Å²) < 4.78 is 10.4. The summed E-state index contributed by atoms with van der Waals surface area (Å²) >= 11 is 0. The van der Waals surface area contributed by atoms with Crippen molar-refractivity contribution in [2.45, 2.75) is 26.4 Å². The van der Waals surface area contributed by atoms with Gasteiger partial charge in [0.05, 0.1) is 26.9 Å². The molecule has 1 rings (SSSR count). The van der Waals surface area contributed by atoms with E-state index in [1.807, 2.05) is 13.8 Å². The monoisotopic (exact) mass is 295 g/mol. The van der Waals surface area contributed by atoms with Crippen molar-refractivity contribution in [2.75, 3.05) is 27.8 Å². The van der Waals surface area contributed by atoms with E-state index >= 15 is 0 Å². The maximum Gasteiger partial charge on any atom is 0.222 e. The van der Waals surface area contributed by atoms with Crippen LogP contribution in [0.25, 0.3) is 0 Å². The lowest BCUT2D eigenvalue weighted by atomic mass is 10.1. The Bertz CT molecular complexity index is 473. The van der Waals surface area contributed by atoms with Crippen LogP contribution in [0.5, 0.6) is 11.5 Å². The summed E-state index contributed by atoms with van der Waals surface area (Å²) in [5, 5.41) is 10.3. The maximum absolute atomic E-state index is 11.9. The second kappa shape index (κ2) is 7.88. The Balaban J connectivity index is 2.75. The highest BCUT2D eigenvalue weighted by Crippen LogP contribution is 2.30. The number of carbonyl (C=O) groups is 1. The predicted molar refractivity (Wildman–Crippen MR) is 81.6 cm³/mol. The molecule has 0 aliphatic heterocycles. The van der Waals surface area contributed by atoms with Crippen molar-refractivity contribution in [1.29, 1.82) is 0 Å². The van der Waals surface area contributed by atoms with E-state index in [2.05, 4.69) is 0 Å². The molecular weight excluding hydrogens is 270 g/mol. The molecule has 0 bridgehead atoms. The largest absolute Gasteiger partial charge is 0.493 e. The molecule has 0 heterocycles. The summed E-state index contributed by atoms with van der Waals surface area (Å²) in [6.07, 6.45) is -0.277. The summed E-state index contributed by atoms with van der Waals surface area (Å²) in [5.41, 5.74) is 0.692. The van der Waals surface area contributed by atoms with Crippen LogP contribution in [0.15, 0.2) is 18.2 Å². The number of hydrogen-bond acceptors (Lipinski definition) is 4. The van der Waals surface area contributed by atoms with Crippen LogP contribution in [-0.2, 0) is 4.79 Å². The standard InChI is InChI=1S/C16H25NO4/c1-11(2)8-16(19)17(3)10-13(18)12-6-7-14(20-4)15(9-12)21-5/h6-7,9,11,13,18H,8,10H2,1-5H3. The summed E-state index contributed by atoms with van der Waals surface area (Å²) in [6, 6.07) is 5.24. The Morgan fingerprint density at radius 2 is 1.86 bits per heavy atom. The Morgan fingerprint density at radius 1 is 1.24 bits per heavy atom. The molecule has 0 aromatic heterocycles. The van der Waals surface area contributed by atoms with Crippen LogP contribution in [0.4, 0.5) is 0 Å². The number of hydrogen-bond donors (Lipinski definition) is 1. The van der Waals surface area contributed by atoms with Gasteiger partial charge in [-0.3, -0.25) is 4.79 Å². The van der Waals surface area contributed by atoms with Gasteiger partial charge in [0, 0.05) is 13.5 Å². The first-order valence-electron chi connectivity index (χ1n) is 7.03. The van der Waals surface area contributed by atoms with Crippen molar-refractivity contribution in [3.05, 3.63) is 23.8 Å². The zero-order chi connectivity index (χ0) is 16.0. The number of aliphatic hydroxyl groups is 1. The highest BCUT2D eigenvalue weighted by atomic mass is 16.5. The molecule has 1 aromatic rings. The van der Waals surface area contributed by atoms with Crippen LogP contribution in [0.2, 0.25) is 0 Å². The van der Waals surface area contributed by atoms with E-state index in [0.717, 1.165) is 0 Å². The van der Waals surface area contributed by atoms with Gasteiger partial charge in [0.25, 0.3) is 0 Å². The third-order valence-electron chi connectivity index (χ3n) is 3.25. The molecule has 0 saturated heterocycles. The Kier molecular flexibility index (Phi) is 6.49. The van der Waals surface area contributed by atoms with E-state index in [0.29, 0.717) is 29.4 Å². The minimum Gasteiger partial charge on any atom is -0.493 e. The summed E-state index contributed by atoms with van der Waals surface area (Å²) in [6.45, 7) is 4.24. The van der Waals surface area contributed by atoms with Crippen LogP contribution in [-0.4, -0.2) is 43.7 Å². The minimum atomic E-state index is -0.758. The second-order valence-electron chi connectivity index (χ2n) is 5.50. The highest BCUT2D eigenvalue weighted by Gasteiger charge is 2.17. The topological polar surface area (TPSA) is 59.0 Å². The van der Waals surface area contributed by atoms with Gasteiger partial charge in [-0.1, -0.05) is 19.9 Å². The molecule has 1 aromatic carbocycles. The summed E-state index contributed by atoms with van der Waals surface area (Å²) in [4.78, 5) is 13.5. The fraction of sp³-hybridized carbons (Fsp3) is 0.562. The van der Waals surface area contributed by atoms with Gasteiger partial charge in [-0.25, -0.2) is 0 Å². The van der Waals surface area contributed by atoms with Crippen LogP contribution in [0, 0.1) is 5.92 Å². The number of benzene rings is 1. The molecule has 1 N–H and O–H groups in total. The van der Waals surface area contributed by atoms with Crippen molar-refractivity contribution in [3.63, 3.8) is 0 Å². The molecule has 0 aliphatic rings. The van der Waals surface area contributed by atoms with Gasteiger partial charge in [-0.2, -0.15) is 0 Å². The van der Waals surface area contributed by atoms with Gasteiger partial charge in [-0.05, 0) is 23.6 Å². The lowest BCUT2D eigenvalue weighted by Crippen LogP contribution is -2.31. The van der Waals surface area contributed by atoms with E-state index in [9.17, 15) is 9.90 Å². The quantitative estimate of drug-likeness (QED) is 0.838. The number of carbonyl (C=O) groups excluding carboxylic acids is 1. The van der Waals surface area contributed by atoms with Gasteiger partial charge in [0.15, 0.2) is 11.5 Å². The van der Waals surface area contributed by atoms with E-state index in [-0.39, 0.29) is 12.5 Å². The fourth-order valence-corrected chi connectivity index (χ4v) is 2.03. The first-order chi connectivity index (χ1) is 9.88. The minimum absolute atomic E-state index is 0.0320. The first kappa shape index (κ1) is 17.3. The molecule has 0 radical (unpaired) electrons. The van der Waals surface area contributed by atoms with E-state index in [1.54, 1.807) is 44.4 Å². The van der Waals surface area contributed by atoms with Crippen LogP contribution in [0.3, 0.4) is 0 Å². The van der Waals surface area contributed by atoms with Crippen molar-refractivity contribution in [2.24, 2.45) is 5.92 Å². The number of methoxy groups -OCH3 is 2. The number of likely N-dealkylation sites (N-methyl/N-ethyl adjacent to an activating group) is 1. The second-order valence-corrected chi connectivity index (χ2v) is 5.50. The maximum atomic E-state index is 11.9. The van der Waals surface area contributed by atoms with Crippen molar-refractivity contribution < 1.29 is 19.4 Å². The van der Waals surface area contributed by atoms with Gasteiger partial charge in [0.1, 0.15) is 0 Å². The van der Waals surface area contributed by atoms with E-state index in [4.69, 9.17) is 9.47 Å². The number of aliphatic hydroxyl groups excluding tert-OH is 1. The van der Waals surface area contributed by atoms with Gasteiger partial charge < -0.3 is 19.5 Å². The Morgan fingerprint density at radius 3 is 2.38 bits per heavy atom. The van der Waals surface area contributed by atoms with E-state index < -0.39 is 6.10 Å². The Hall–Kier alpha value is -1.75. The summed E-state index contributed by atoms with van der Waals surface area (Å²) in [7, 11) is 4.81. The first-order valence-corrected chi connectivity index (χ1v) is 7.03. The van der Waals surface area contributed by atoms with Crippen LogP contribution in [0.1, 0.15) is 31.9 Å². The number of ether oxygens (including phenoxy) is 2. The zero-order valence-electron chi connectivity index (χ0n) is 13.4. The zero-order valence-corrected chi connectivity index (χ0v) is 13.4. The number of rotatable bonds is 7. The molecule has 5 nitrogen and oxygen atoms in total. The van der Waals surface area contributed by atoms with Crippen molar-refractivity contribution >= 4 is 5.91 Å². The molecule has 5 heteroatoms. The molecule has 0 saturated carbocycles.